The van der Waals surface area contributed by atoms with Crippen LogP contribution in [0.15, 0.2) is 33.6 Å². The zero-order valence-corrected chi connectivity index (χ0v) is 15.4. The van der Waals surface area contributed by atoms with Gasteiger partial charge in [-0.05, 0) is 45.0 Å². The third-order valence-electron chi connectivity index (χ3n) is 5.59. The van der Waals surface area contributed by atoms with Crippen LogP contribution in [0.2, 0.25) is 0 Å². The highest BCUT2D eigenvalue weighted by Crippen LogP contribution is 2.33. The van der Waals surface area contributed by atoms with Gasteiger partial charge >= 0.3 is 0 Å². The Hall–Kier alpha value is -2.67. The number of pyridine rings is 1. The molecule has 142 valence electrons. The molecule has 0 bridgehead atoms. The number of piperidine rings is 1. The van der Waals surface area contributed by atoms with Gasteiger partial charge in [-0.1, -0.05) is 5.16 Å². The van der Waals surface area contributed by atoms with Gasteiger partial charge in [-0.3, -0.25) is 9.69 Å². The van der Waals surface area contributed by atoms with Crippen molar-refractivity contribution in [3.8, 4) is 5.75 Å². The largest absolute Gasteiger partial charge is 0.503 e. The molecule has 1 aromatic carbocycles. The maximum Gasteiger partial charge on any atom is 0.223 e. The molecule has 27 heavy (non-hydrogen) atoms. The molecule has 1 saturated heterocycles. The fraction of sp³-hybridized carbons (Fsp3) is 0.400. The van der Waals surface area contributed by atoms with Crippen LogP contribution in [0.3, 0.4) is 0 Å². The van der Waals surface area contributed by atoms with E-state index in [-0.39, 0.29) is 22.9 Å². The van der Waals surface area contributed by atoms with E-state index in [1.54, 1.807) is 6.07 Å². The molecule has 1 fully saturated rings. The summed E-state index contributed by atoms with van der Waals surface area (Å²) in [7, 11) is 1.86. The summed E-state index contributed by atoms with van der Waals surface area (Å²) in [6.07, 6.45) is 1.78. The van der Waals surface area contributed by atoms with Crippen molar-refractivity contribution < 1.29 is 14.0 Å². The van der Waals surface area contributed by atoms with Crippen LogP contribution in [0.4, 0.5) is 4.39 Å². The second kappa shape index (κ2) is 6.81. The number of halogens is 1. The quantitative estimate of drug-likeness (QED) is 0.766. The molecule has 0 unspecified atom stereocenters. The number of aryl methyl sites for hydroxylation is 1. The van der Waals surface area contributed by atoms with E-state index >= 15 is 0 Å². The first-order chi connectivity index (χ1) is 12.9. The van der Waals surface area contributed by atoms with Gasteiger partial charge in [0.15, 0.2) is 11.3 Å². The number of nitrogens with zero attached hydrogens (tertiary/aromatic N) is 3. The highest BCUT2D eigenvalue weighted by atomic mass is 19.1. The molecule has 1 N–H and O–H groups in total. The molecule has 3 aromatic rings. The van der Waals surface area contributed by atoms with Gasteiger partial charge in [0, 0.05) is 42.7 Å². The van der Waals surface area contributed by atoms with Gasteiger partial charge in [0.05, 0.1) is 11.4 Å². The predicted octanol–water partition coefficient (Wildman–Crippen LogP) is 3.06. The van der Waals surface area contributed by atoms with Crippen molar-refractivity contribution in [2.45, 2.75) is 32.2 Å². The van der Waals surface area contributed by atoms with Gasteiger partial charge < -0.3 is 14.2 Å². The number of fused-ring (bicyclic) bond motifs is 1. The molecule has 4 rings (SSSR count). The summed E-state index contributed by atoms with van der Waals surface area (Å²) in [5.74, 6) is -0.249. The van der Waals surface area contributed by atoms with Crippen LogP contribution in [0, 0.1) is 12.7 Å². The smallest absolute Gasteiger partial charge is 0.223 e. The molecule has 0 radical (unpaired) electrons. The molecule has 6 nitrogen and oxygen atoms in total. The predicted molar refractivity (Wildman–Crippen MR) is 99.3 cm³/mol. The Balaban J connectivity index is 1.49. The number of aromatic hydroxyl groups is 1. The van der Waals surface area contributed by atoms with Crippen molar-refractivity contribution in [2.75, 3.05) is 13.1 Å². The standard InChI is InChI=1S/C20H22FN3O3/c1-12-9-17(25)20(26)16(23(12)2)11-24-7-5-13(6-8-24)19-15-4-3-14(21)10-18(15)27-22-19/h3-4,9-10,13,26H,5-8,11H2,1-2H3. The van der Waals surface area contributed by atoms with Gasteiger partial charge in [-0.25, -0.2) is 4.39 Å². The Bertz CT molecular complexity index is 1050. The average Bonchev–Trinajstić information content (AvgIpc) is 3.07. The summed E-state index contributed by atoms with van der Waals surface area (Å²) < 4.78 is 20.5. The van der Waals surface area contributed by atoms with Gasteiger partial charge in [-0.15, -0.1) is 0 Å². The molecule has 0 spiro atoms. The van der Waals surface area contributed by atoms with Crippen molar-refractivity contribution in [1.82, 2.24) is 14.6 Å². The lowest BCUT2D eigenvalue weighted by Gasteiger charge is -2.31. The molecule has 0 saturated carbocycles. The zero-order valence-electron chi connectivity index (χ0n) is 15.4. The lowest BCUT2D eigenvalue weighted by molar-refractivity contribution is 0.195. The molecule has 3 heterocycles. The van der Waals surface area contributed by atoms with Crippen LogP contribution in [0.25, 0.3) is 11.0 Å². The molecule has 1 aliphatic heterocycles. The van der Waals surface area contributed by atoms with Crippen molar-refractivity contribution in [3.05, 3.63) is 57.4 Å². The summed E-state index contributed by atoms with van der Waals surface area (Å²) in [6.45, 7) is 4.02. The minimum absolute atomic E-state index is 0.172. The molecule has 0 atom stereocenters. The van der Waals surface area contributed by atoms with Crippen LogP contribution >= 0.6 is 0 Å². The molecular weight excluding hydrogens is 349 g/mol. The fourth-order valence-electron chi connectivity index (χ4n) is 3.85. The lowest BCUT2D eigenvalue weighted by Crippen LogP contribution is -2.34. The molecule has 2 aromatic heterocycles. The SMILES string of the molecule is Cc1cc(=O)c(O)c(CN2CCC(c3noc4cc(F)ccc34)CC2)n1C. The number of benzene rings is 1. The Labute approximate surface area is 155 Å². The van der Waals surface area contributed by atoms with Crippen LogP contribution in [0.1, 0.15) is 35.8 Å². The zero-order chi connectivity index (χ0) is 19.1. The lowest BCUT2D eigenvalue weighted by atomic mass is 9.91. The first-order valence-corrected chi connectivity index (χ1v) is 9.09. The summed E-state index contributed by atoms with van der Waals surface area (Å²) in [4.78, 5) is 14.1. The maximum atomic E-state index is 13.3. The Kier molecular flexibility index (Phi) is 4.47. The van der Waals surface area contributed by atoms with E-state index < -0.39 is 0 Å². The van der Waals surface area contributed by atoms with Crippen LogP contribution < -0.4 is 5.43 Å². The van der Waals surface area contributed by atoms with E-state index in [2.05, 4.69) is 10.1 Å². The Morgan fingerprint density at radius 2 is 2.04 bits per heavy atom. The summed E-state index contributed by atoms with van der Waals surface area (Å²) in [5.41, 5.74) is 2.49. The second-order valence-electron chi connectivity index (χ2n) is 7.26. The number of rotatable bonds is 3. The van der Waals surface area contributed by atoms with Gasteiger partial charge in [0.1, 0.15) is 5.82 Å². The molecule has 0 aliphatic carbocycles. The van der Waals surface area contributed by atoms with Crippen molar-refractivity contribution >= 4 is 11.0 Å². The van der Waals surface area contributed by atoms with E-state index in [4.69, 9.17) is 4.52 Å². The molecule has 7 heteroatoms. The number of hydrogen-bond acceptors (Lipinski definition) is 5. The van der Waals surface area contributed by atoms with Crippen molar-refractivity contribution in [2.24, 2.45) is 7.05 Å². The molecule has 0 amide bonds. The summed E-state index contributed by atoms with van der Waals surface area (Å²) in [6, 6.07) is 5.97. The van der Waals surface area contributed by atoms with Crippen molar-refractivity contribution in [1.29, 1.82) is 0 Å². The van der Waals surface area contributed by atoms with Gasteiger partial charge in [-0.2, -0.15) is 0 Å². The van der Waals surface area contributed by atoms with E-state index in [1.807, 2.05) is 18.5 Å². The van der Waals surface area contributed by atoms with E-state index in [9.17, 15) is 14.3 Å². The average molecular weight is 371 g/mol. The van der Waals surface area contributed by atoms with E-state index in [0.29, 0.717) is 17.8 Å². The van der Waals surface area contributed by atoms with Gasteiger partial charge in [0.2, 0.25) is 5.43 Å². The van der Waals surface area contributed by atoms with Gasteiger partial charge in [0.25, 0.3) is 0 Å². The topological polar surface area (TPSA) is 71.5 Å². The Morgan fingerprint density at radius 1 is 1.30 bits per heavy atom. The van der Waals surface area contributed by atoms with Crippen LogP contribution in [-0.4, -0.2) is 32.8 Å². The highest BCUT2D eigenvalue weighted by Gasteiger charge is 2.26. The summed E-state index contributed by atoms with van der Waals surface area (Å²) >= 11 is 0. The highest BCUT2D eigenvalue weighted by molar-refractivity contribution is 5.79. The number of hydrogen-bond donors (Lipinski definition) is 1. The van der Waals surface area contributed by atoms with E-state index in [0.717, 1.165) is 42.7 Å². The molecular formula is C20H22FN3O3. The Morgan fingerprint density at radius 3 is 2.78 bits per heavy atom. The van der Waals surface area contributed by atoms with Crippen LogP contribution in [0.5, 0.6) is 5.75 Å². The minimum atomic E-state index is -0.336. The summed E-state index contributed by atoms with van der Waals surface area (Å²) in [5, 5.41) is 15.2. The van der Waals surface area contributed by atoms with E-state index in [1.165, 1.54) is 18.2 Å². The monoisotopic (exact) mass is 371 g/mol. The van der Waals surface area contributed by atoms with Crippen molar-refractivity contribution in [3.63, 3.8) is 0 Å². The third kappa shape index (κ3) is 3.23. The normalized spacial score (nSPS) is 16.3. The number of aromatic nitrogens is 2. The number of likely N-dealkylation sites (tertiary alicyclic amines) is 1. The first kappa shape index (κ1) is 17.7. The maximum absolute atomic E-state index is 13.3. The molecule has 1 aliphatic rings. The second-order valence-corrected chi connectivity index (χ2v) is 7.26. The first-order valence-electron chi connectivity index (χ1n) is 9.09. The minimum Gasteiger partial charge on any atom is -0.503 e. The fourth-order valence-corrected chi connectivity index (χ4v) is 3.85. The van der Waals surface area contributed by atoms with Crippen LogP contribution in [-0.2, 0) is 13.6 Å². The third-order valence-corrected chi connectivity index (χ3v) is 5.59.